The van der Waals surface area contributed by atoms with E-state index in [0.717, 1.165) is 25.0 Å². The number of para-hydroxylation sites is 1. The molecule has 1 N–H and O–H groups in total. The van der Waals surface area contributed by atoms with Crippen LogP contribution in [0.4, 0.5) is 0 Å². The van der Waals surface area contributed by atoms with Gasteiger partial charge in [-0.1, -0.05) is 18.2 Å². The van der Waals surface area contributed by atoms with E-state index in [1.165, 1.54) is 0 Å². The quantitative estimate of drug-likeness (QED) is 0.805. The van der Waals surface area contributed by atoms with Crippen molar-refractivity contribution in [2.45, 2.75) is 31.2 Å². The number of carbonyl (C=O) groups is 1. The second kappa shape index (κ2) is 6.10. The highest BCUT2D eigenvalue weighted by molar-refractivity contribution is 6.18. The maximum atomic E-state index is 11.8. The molecule has 0 radical (unpaired) electrons. The first-order valence-electron chi connectivity index (χ1n) is 6.29. The molecular weight excluding hydrogens is 250 g/mol. The van der Waals surface area contributed by atoms with Crippen molar-refractivity contribution in [2.24, 2.45) is 0 Å². The van der Waals surface area contributed by atoms with Gasteiger partial charge in [-0.2, -0.15) is 0 Å². The lowest BCUT2D eigenvalue weighted by Crippen LogP contribution is -2.55. The summed E-state index contributed by atoms with van der Waals surface area (Å²) < 4.78 is 5.48. The van der Waals surface area contributed by atoms with E-state index in [1.807, 2.05) is 30.3 Å². The number of nitrogens with one attached hydrogen (secondary N) is 1. The molecule has 1 saturated carbocycles. The van der Waals surface area contributed by atoms with Crippen LogP contribution in [0.5, 0.6) is 5.75 Å². The summed E-state index contributed by atoms with van der Waals surface area (Å²) in [6.45, 7) is 0.397. The third kappa shape index (κ3) is 3.39. The lowest BCUT2D eigenvalue weighted by molar-refractivity contribution is -0.124. The minimum atomic E-state index is -0.147. The van der Waals surface area contributed by atoms with Gasteiger partial charge in [-0.25, -0.2) is 0 Å². The summed E-state index contributed by atoms with van der Waals surface area (Å²) in [5, 5.41) is 3.01. The van der Waals surface area contributed by atoms with Crippen LogP contribution in [0.15, 0.2) is 30.3 Å². The fourth-order valence-corrected chi connectivity index (χ4v) is 2.37. The lowest BCUT2D eigenvalue weighted by Gasteiger charge is -2.41. The molecule has 18 heavy (non-hydrogen) atoms. The highest BCUT2D eigenvalue weighted by Crippen LogP contribution is 2.32. The normalized spacial score (nSPS) is 16.7. The van der Waals surface area contributed by atoms with Crippen molar-refractivity contribution >= 4 is 17.5 Å². The van der Waals surface area contributed by atoms with Crippen LogP contribution in [-0.4, -0.2) is 23.9 Å². The first-order valence-corrected chi connectivity index (χ1v) is 6.82. The van der Waals surface area contributed by atoms with Crippen molar-refractivity contribution in [3.05, 3.63) is 30.3 Å². The average molecular weight is 268 g/mol. The van der Waals surface area contributed by atoms with Crippen LogP contribution in [0.1, 0.15) is 25.7 Å². The van der Waals surface area contributed by atoms with Gasteiger partial charge in [0.15, 0.2) is 0 Å². The van der Waals surface area contributed by atoms with E-state index in [9.17, 15) is 4.79 Å². The third-order valence-electron chi connectivity index (χ3n) is 3.31. The molecule has 0 aromatic heterocycles. The number of hydrogen-bond donors (Lipinski definition) is 1. The van der Waals surface area contributed by atoms with Gasteiger partial charge in [0.25, 0.3) is 0 Å². The van der Waals surface area contributed by atoms with Crippen LogP contribution >= 0.6 is 11.6 Å². The first-order chi connectivity index (χ1) is 8.74. The van der Waals surface area contributed by atoms with Crippen molar-refractivity contribution in [1.29, 1.82) is 0 Å². The highest BCUT2D eigenvalue weighted by Gasteiger charge is 2.37. The van der Waals surface area contributed by atoms with E-state index in [1.54, 1.807) is 0 Å². The predicted molar refractivity (Wildman–Crippen MR) is 72.0 cm³/mol. The van der Waals surface area contributed by atoms with E-state index in [4.69, 9.17) is 16.3 Å². The van der Waals surface area contributed by atoms with E-state index in [-0.39, 0.29) is 11.4 Å². The fourth-order valence-electron chi connectivity index (χ4n) is 2.03. The van der Waals surface area contributed by atoms with Crippen molar-refractivity contribution in [2.75, 3.05) is 12.5 Å². The molecule has 0 aliphatic heterocycles. The monoisotopic (exact) mass is 267 g/mol. The Bertz CT molecular complexity index is 385. The minimum Gasteiger partial charge on any atom is -0.493 e. The first kappa shape index (κ1) is 13.2. The highest BCUT2D eigenvalue weighted by atomic mass is 35.5. The SMILES string of the molecule is O=C(CCOc1ccccc1)NC1(CCl)CCC1. The van der Waals surface area contributed by atoms with Crippen molar-refractivity contribution in [3.8, 4) is 5.75 Å². The fraction of sp³-hybridized carbons (Fsp3) is 0.500. The van der Waals surface area contributed by atoms with Crippen LogP contribution in [0.25, 0.3) is 0 Å². The van der Waals surface area contributed by atoms with Crippen molar-refractivity contribution < 1.29 is 9.53 Å². The van der Waals surface area contributed by atoms with Gasteiger partial charge in [-0.3, -0.25) is 4.79 Å². The number of alkyl halides is 1. The summed E-state index contributed by atoms with van der Waals surface area (Å²) >= 11 is 5.89. The Balaban J connectivity index is 1.69. The number of amides is 1. The molecule has 98 valence electrons. The van der Waals surface area contributed by atoms with Crippen molar-refractivity contribution in [3.63, 3.8) is 0 Å². The smallest absolute Gasteiger partial charge is 0.223 e. The maximum Gasteiger partial charge on any atom is 0.223 e. The number of ether oxygens (including phenoxy) is 1. The van der Waals surface area contributed by atoms with Crippen LogP contribution in [0.2, 0.25) is 0 Å². The summed E-state index contributed by atoms with van der Waals surface area (Å²) in [5.41, 5.74) is -0.147. The second-order valence-corrected chi connectivity index (χ2v) is 4.99. The Labute approximate surface area is 112 Å². The summed E-state index contributed by atoms with van der Waals surface area (Å²) in [6, 6.07) is 9.51. The molecular formula is C14H18ClNO2. The summed E-state index contributed by atoms with van der Waals surface area (Å²) in [5.74, 6) is 1.31. The zero-order chi connectivity index (χ0) is 12.8. The Hall–Kier alpha value is -1.22. The number of carbonyl (C=O) groups excluding carboxylic acids is 1. The molecule has 0 unspecified atom stereocenters. The minimum absolute atomic E-state index is 0.0197. The van der Waals surface area contributed by atoms with E-state index < -0.39 is 0 Å². The van der Waals surface area contributed by atoms with Gasteiger partial charge in [0.1, 0.15) is 5.75 Å². The Morgan fingerprint density at radius 2 is 2.06 bits per heavy atom. The summed E-state index contributed by atoms with van der Waals surface area (Å²) in [4.78, 5) is 11.8. The zero-order valence-electron chi connectivity index (χ0n) is 10.3. The number of benzene rings is 1. The molecule has 3 nitrogen and oxygen atoms in total. The Morgan fingerprint density at radius 1 is 1.33 bits per heavy atom. The van der Waals surface area contributed by atoms with Crippen LogP contribution < -0.4 is 10.1 Å². The van der Waals surface area contributed by atoms with E-state index >= 15 is 0 Å². The Kier molecular flexibility index (Phi) is 4.48. The largest absolute Gasteiger partial charge is 0.493 e. The van der Waals surface area contributed by atoms with Gasteiger partial charge in [-0.05, 0) is 31.4 Å². The summed E-state index contributed by atoms with van der Waals surface area (Å²) in [7, 11) is 0. The average Bonchev–Trinajstić information content (AvgIpc) is 2.35. The molecule has 1 aromatic rings. The van der Waals surface area contributed by atoms with Gasteiger partial charge in [0, 0.05) is 5.88 Å². The van der Waals surface area contributed by atoms with Gasteiger partial charge in [0.05, 0.1) is 18.6 Å². The van der Waals surface area contributed by atoms with Crippen LogP contribution in [0, 0.1) is 0 Å². The van der Waals surface area contributed by atoms with Crippen LogP contribution in [-0.2, 0) is 4.79 Å². The number of halogens is 1. The molecule has 1 aromatic carbocycles. The Morgan fingerprint density at radius 3 is 2.61 bits per heavy atom. The molecule has 0 saturated heterocycles. The van der Waals surface area contributed by atoms with E-state index in [2.05, 4.69) is 5.32 Å². The van der Waals surface area contributed by atoms with Gasteiger partial charge in [0.2, 0.25) is 5.91 Å². The summed E-state index contributed by atoms with van der Waals surface area (Å²) in [6.07, 6.45) is 3.49. The molecule has 1 fully saturated rings. The molecule has 2 rings (SSSR count). The zero-order valence-corrected chi connectivity index (χ0v) is 11.1. The lowest BCUT2D eigenvalue weighted by atomic mass is 9.78. The van der Waals surface area contributed by atoms with Crippen LogP contribution in [0.3, 0.4) is 0 Å². The standard InChI is InChI=1S/C14H18ClNO2/c15-11-14(8-4-9-14)16-13(17)7-10-18-12-5-2-1-3-6-12/h1-3,5-6H,4,7-11H2,(H,16,17). The molecule has 1 amide bonds. The number of rotatable bonds is 6. The van der Waals surface area contributed by atoms with Gasteiger partial charge >= 0.3 is 0 Å². The number of hydrogen-bond acceptors (Lipinski definition) is 2. The molecule has 1 aliphatic rings. The molecule has 0 spiro atoms. The molecule has 0 bridgehead atoms. The predicted octanol–water partition coefficient (Wildman–Crippen LogP) is 2.73. The molecule has 0 heterocycles. The topological polar surface area (TPSA) is 38.3 Å². The second-order valence-electron chi connectivity index (χ2n) is 4.73. The van der Waals surface area contributed by atoms with Crippen molar-refractivity contribution in [1.82, 2.24) is 5.32 Å². The van der Waals surface area contributed by atoms with Gasteiger partial charge in [-0.15, -0.1) is 11.6 Å². The van der Waals surface area contributed by atoms with E-state index in [0.29, 0.717) is 18.9 Å². The third-order valence-corrected chi connectivity index (χ3v) is 3.82. The molecule has 0 atom stereocenters. The molecule has 1 aliphatic carbocycles. The molecule has 4 heteroatoms. The van der Waals surface area contributed by atoms with Gasteiger partial charge < -0.3 is 10.1 Å². The maximum absolute atomic E-state index is 11.8.